The molecule has 2 rings (SSSR count). The molecule has 1 atom stereocenters. The molecule has 2 heterocycles. The number of carbonyl (C=O) groups is 1. The SMILES string of the molecule is CCOC(=O)[C@@H]1CCN(c2ccnc(Cl)c2)C1. The zero-order valence-electron chi connectivity index (χ0n) is 9.73. The summed E-state index contributed by atoms with van der Waals surface area (Å²) in [5.41, 5.74) is 1.01. The normalized spacial score (nSPS) is 19.4. The van der Waals surface area contributed by atoms with Gasteiger partial charge in [0.2, 0.25) is 0 Å². The predicted octanol–water partition coefficient (Wildman–Crippen LogP) is 2.12. The van der Waals surface area contributed by atoms with Crippen LogP contribution in [-0.4, -0.2) is 30.6 Å². The number of nitrogens with zero attached hydrogens (tertiary/aromatic N) is 2. The van der Waals surface area contributed by atoms with Crippen molar-refractivity contribution < 1.29 is 9.53 Å². The maximum atomic E-state index is 11.6. The van der Waals surface area contributed by atoms with Crippen LogP contribution in [0.5, 0.6) is 0 Å². The molecule has 0 radical (unpaired) electrons. The Morgan fingerprint density at radius 1 is 1.71 bits per heavy atom. The van der Waals surface area contributed by atoms with E-state index in [1.807, 2.05) is 19.1 Å². The van der Waals surface area contributed by atoms with Gasteiger partial charge < -0.3 is 9.64 Å². The molecule has 0 bridgehead atoms. The van der Waals surface area contributed by atoms with Crippen LogP contribution in [0.15, 0.2) is 18.3 Å². The highest BCUT2D eigenvalue weighted by molar-refractivity contribution is 6.29. The lowest BCUT2D eigenvalue weighted by Crippen LogP contribution is -2.24. The van der Waals surface area contributed by atoms with Gasteiger partial charge in [-0.1, -0.05) is 11.6 Å². The Bertz CT molecular complexity index is 411. The number of hydrogen-bond donors (Lipinski definition) is 0. The highest BCUT2D eigenvalue weighted by Gasteiger charge is 2.29. The first kappa shape index (κ1) is 12.2. The van der Waals surface area contributed by atoms with Crippen molar-refractivity contribution in [2.75, 3.05) is 24.6 Å². The van der Waals surface area contributed by atoms with E-state index in [4.69, 9.17) is 16.3 Å². The van der Waals surface area contributed by atoms with Crippen LogP contribution in [-0.2, 0) is 9.53 Å². The van der Waals surface area contributed by atoms with Gasteiger partial charge in [-0.05, 0) is 25.5 Å². The summed E-state index contributed by atoms with van der Waals surface area (Å²) in [5, 5.41) is 0.474. The van der Waals surface area contributed by atoms with Gasteiger partial charge in [0.15, 0.2) is 0 Å². The number of esters is 1. The second kappa shape index (κ2) is 5.36. The van der Waals surface area contributed by atoms with Crippen LogP contribution in [0.25, 0.3) is 0 Å². The molecule has 5 heteroatoms. The van der Waals surface area contributed by atoms with Crippen molar-refractivity contribution in [3.63, 3.8) is 0 Å². The van der Waals surface area contributed by atoms with Crippen molar-refractivity contribution in [3.8, 4) is 0 Å². The van der Waals surface area contributed by atoms with Crippen molar-refractivity contribution in [1.82, 2.24) is 4.98 Å². The number of hydrogen-bond acceptors (Lipinski definition) is 4. The monoisotopic (exact) mass is 254 g/mol. The van der Waals surface area contributed by atoms with Crippen molar-refractivity contribution >= 4 is 23.3 Å². The number of carbonyl (C=O) groups excluding carboxylic acids is 1. The Labute approximate surface area is 106 Å². The Balaban J connectivity index is 2.00. The van der Waals surface area contributed by atoms with Crippen LogP contribution in [0.1, 0.15) is 13.3 Å². The molecule has 1 aliphatic heterocycles. The van der Waals surface area contributed by atoms with E-state index in [0.29, 0.717) is 18.3 Å². The number of rotatable bonds is 3. The molecule has 0 N–H and O–H groups in total. The maximum absolute atomic E-state index is 11.6. The summed E-state index contributed by atoms with van der Waals surface area (Å²) in [6, 6.07) is 3.72. The molecule has 1 aromatic rings. The van der Waals surface area contributed by atoms with Crippen LogP contribution < -0.4 is 4.90 Å². The van der Waals surface area contributed by atoms with E-state index >= 15 is 0 Å². The third kappa shape index (κ3) is 2.88. The van der Waals surface area contributed by atoms with Crippen LogP contribution in [0, 0.1) is 5.92 Å². The van der Waals surface area contributed by atoms with Gasteiger partial charge in [-0.25, -0.2) is 4.98 Å². The number of halogens is 1. The average Bonchev–Trinajstić information content (AvgIpc) is 2.78. The minimum atomic E-state index is -0.102. The lowest BCUT2D eigenvalue weighted by Gasteiger charge is -2.18. The van der Waals surface area contributed by atoms with E-state index in [1.165, 1.54) is 0 Å². The molecule has 0 amide bonds. The van der Waals surface area contributed by atoms with Gasteiger partial charge in [0.25, 0.3) is 0 Å². The summed E-state index contributed by atoms with van der Waals surface area (Å²) < 4.78 is 5.03. The Kier molecular flexibility index (Phi) is 3.84. The Morgan fingerprint density at radius 3 is 3.24 bits per heavy atom. The molecule has 4 nitrogen and oxygen atoms in total. The Hall–Kier alpha value is -1.29. The van der Waals surface area contributed by atoms with E-state index in [1.54, 1.807) is 6.20 Å². The summed E-state index contributed by atoms with van der Waals surface area (Å²) in [6.07, 6.45) is 2.51. The summed E-state index contributed by atoms with van der Waals surface area (Å²) in [4.78, 5) is 17.7. The fraction of sp³-hybridized carbons (Fsp3) is 0.500. The molecule has 1 aliphatic rings. The molecule has 1 fully saturated rings. The van der Waals surface area contributed by atoms with Crippen molar-refractivity contribution in [2.24, 2.45) is 5.92 Å². The minimum Gasteiger partial charge on any atom is -0.466 e. The van der Waals surface area contributed by atoms with Crippen LogP contribution in [0.3, 0.4) is 0 Å². The first-order valence-electron chi connectivity index (χ1n) is 5.74. The van der Waals surface area contributed by atoms with E-state index < -0.39 is 0 Å². The second-order valence-corrected chi connectivity index (χ2v) is 4.41. The van der Waals surface area contributed by atoms with Gasteiger partial charge in [-0.2, -0.15) is 0 Å². The molecule has 0 spiro atoms. The highest BCUT2D eigenvalue weighted by atomic mass is 35.5. The predicted molar refractivity (Wildman–Crippen MR) is 66.2 cm³/mol. The molecule has 0 saturated carbocycles. The second-order valence-electron chi connectivity index (χ2n) is 4.02. The van der Waals surface area contributed by atoms with Gasteiger partial charge in [-0.15, -0.1) is 0 Å². The molecule has 1 aromatic heterocycles. The molecule has 0 aromatic carbocycles. The topological polar surface area (TPSA) is 42.4 Å². The highest BCUT2D eigenvalue weighted by Crippen LogP contribution is 2.25. The quantitative estimate of drug-likeness (QED) is 0.612. The third-order valence-electron chi connectivity index (χ3n) is 2.88. The van der Waals surface area contributed by atoms with E-state index in [0.717, 1.165) is 18.7 Å². The number of ether oxygens (including phenoxy) is 1. The molecule has 0 unspecified atom stereocenters. The van der Waals surface area contributed by atoms with E-state index in [-0.39, 0.29) is 11.9 Å². The minimum absolute atomic E-state index is 0.0260. The summed E-state index contributed by atoms with van der Waals surface area (Å²) >= 11 is 5.84. The van der Waals surface area contributed by atoms with Crippen molar-refractivity contribution in [2.45, 2.75) is 13.3 Å². The van der Waals surface area contributed by atoms with Crippen molar-refractivity contribution in [3.05, 3.63) is 23.5 Å². The fourth-order valence-electron chi connectivity index (χ4n) is 2.04. The molecule has 17 heavy (non-hydrogen) atoms. The molecule has 92 valence electrons. The van der Waals surface area contributed by atoms with Crippen molar-refractivity contribution in [1.29, 1.82) is 0 Å². The van der Waals surface area contributed by atoms with Gasteiger partial charge in [0, 0.05) is 25.0 Å². The maximum Gasteiger partial charge on any atom is 0.310 e. The summed E-state index contributed by atoms with van der Waals surface area (Å²) in [6.45, 7) is 3.81. The largest absolute Gasteiger partial charge is 0.466 e. The molecule has 0 aliphatic carbocycles. The fourth-order valence-corrected chi connectivity index (χ4v) is 2.20. The van der Waals surface area contributed by atoms with Crippen LogP contribution >= 0.6 is 11.6 Å². The third-order valence-corrected chi connectivity index (χ3v) is 3.09. The zero-order chi connectivity index (χ0) is 12.3. The van der Waals surface area contributed by atoms with Crippen LogP contribution in [0.4, 0.5) is 5.69 Å². The number of aromatic nitrogens is 1. The van der Waals surface area contributed by atoms with E-state index in [9.17, 15) is 4.79 Å². The van der Waals surface area contributed by atoms with Gasteiger partial charge in [-0.3, -0.25) is 4.79 Å². The molecular formula is C12H15ClN2O2. The molecular weight excluding hydrogens is 240 g/mol. The smallest absolute Gasteiger partial charge is 0.310 e. The Morgan fingerprint density at radius 2 is 2.53 bits per heavy atom. The number of anilines is 1. The molecule has 1 saturated heterocycles. The standard InChI is InChI=1S/C12H15ClN2O2/c1-2-17-12(16)9-4-6-15(8-9)10-3-5-14-11(13)7-10/h3,5,7,9H,2,4,6,8H2,1H3/t9-/m1/s1. The van der Waals surface area contributed by atoms with E-state index in [2.05, 4.69) is 9.88 Å². The number of pyridine rings is 1. The average molecular weight is 255 g/mol. The summed E-state index contributed by atoms with van der Waals surface area (Å²) in [5.74, 6) is -0.128. The van der Waals surface area contributed by atoms with Gasteiger partial charge in [0.1, 0.15) is 5.15 Å². The first-order chi connectivity index (χ1) is 8.20. The lowest BCUT2D eigenvalue weighted by atomic mass is 10.1. The zero-order valence-corrected chi connectivity index (χ0v) is 10.5. The van der Waals surface area contributed by atoms with Gasteiger partial charge >= 0.3 is 5.97 Å². The van der Waals surface area contributed by atoms with Gasteiger partial charge in [0.05, 0.1) is 12.5 Å². The first-order valence-corrected chi connectivity index (χ1v) is 6.11. The van der Waals surface area contributed by atoms with Crippen LogP contribution in [0.2, 0.25) is 5.15 Å². The lowest BCUT2D eigenvalue weighted by molar-refractivity contribution is -0.147. The summed E-state index contributed by atoms with van der Waals surface area (Å²) in [7, 11) is 0.